The second-order valence-electron chi connectivity index (χ2n) is 6.44. The van der Waals surface area contributed by atoms with Crippen LogP contribution in [0.15, 0.2) is 29.3 Å². The smallest absolute Gasteiger partial charge is 0.190 e. The van der Waals surface area contributed by atoms with Gasteiger partial charge >= 0.3 is 0 Å². The molecule has 0 spiro atoms. The molecule has 0 radical (unpaired) electrons. The Morgan fingerprint density at radius 1 is 1.15 bits per heavy atom. The van der Waals surface area contributed by atoms with Crippen LogP contribution < -0.4 is 15.4 Å². The number of hydrogen-bond acceptors (Lipinski definition) is 4. The van der Waals surface area contributed by atoms with Gasteiger partial charge in [0.2, 0.25) is 0 Å². The van der Waals surface area contributed by atoms with E-state index in [1.807, 2.05) is 12.1 Å². The van der Waals surface area contributed by atoms with Crippen molar-refractivity contribution >= 4 is 5.96 Å². The second-order valence-corrected chi connectivity index (χ2v) is 6.44. The molecule has 1 fully saturated rings. The van der Waals surface area contributed by atoms with Crippen molar-refractivity contribution in [1.82, 2.24) is 10.6 Å². The molecule has 1 heterocycles. The third kappa shape index (κ3) is 8.06. The molecule has 0 aromatic heterocycles. The topological polar surface area (TPSA) is 64.1 Å². The number of hydrogen-bond donors (Lipinski definition) is 2. The number of nitrogens with zero attached hydrogens (tertiary/aromatic N) is 1. The number of guanidine groups is 1. The van der Waals surface area contributed by atoms with Crippen molar-refractivity contribution in [3.63, 3.8) is 0 Å². The summed E-state index contributed by atoms with van der Waals surface area (Å²) >= 11 is 0. The van der Waals surface area contributed by atoms with Crippen molar-refractivity contribution in [2.24, 2.45) is 4.99 Å². The standard InChI is InChI=1S/C20H33N3O3/c1-21-20(23-13-5-14-26-19-11-15-25-16-19)22-12-4-3-6-17-7-9-18(24-2)10-8-17/h7-10,19H,3-6,11-16H2,1-2H3,(H2,21,22,23). The molecule has 2 N–H and O–H groups in total. The maximum Gasteiger partial charge on any atom is 0.190 e. The van der Waals surface area contributed by atoms with Crippen LogP contribution >= 0.6 is 0 Å². The van der Waals surface area contributed by atoms with Crippen molar-refractivity contribution < 1.29 is 14.2 Å². The molecule has 1 aliphatic heterocycles. The summed E-state index contributed by atoms with van der Waals surface area (Å²) in [4.78, 5) is 4.26. The van der Waals surface area contributed by atoms with Gasteiger partial charge in [-0.25, -0.2) is 0 Å². The van der Waals surface area contributed by atoms with Crippen molar-refractivity contribution in [1.29, 1.82) is 0 Å². The minimum absolute atomic E-state index is 0.290. The third-order valence-corrected chi connectivity index (χ3v) is 4.42. The van der Waals surface area contributed by atoms with E-state index in [4.69, 9.17) is 14.2 Å². The second kappa shape index (κ2) is 12.5. The van der Waals surface area contributed by atoms with Crippen molar-refractivity contribution in [3.8, 4) is 5.75 Å². The van der Waals surface area contributed by atoms with Gasteiger partial charge in [0.15, 0.2) is 5.96 Å². The van der Waals surface area contributed by atoms with Gasteiger partial charge in [0.25, 0.3) is 0 Å². The zero-order valence-electron chi connectivity index (χ0n) is 16.1. The van der Waals surface area contributed by atoms with Gasteiger partial charge in [-0.1, -0.05) is 12.1 Å². The Morgan fingerprint density at radius 3 is 2.58 bits per heavy atom. The Hall–Kier alpha value is -1.79. The van der Waals surface area contributed by atoms with E-state index in [2.05, 4.69) is 27.8 Å². The average Bonchev–Trinajstić information content (AvgIpc) is 3.20. The van der Waals surface area contributed by atoms with Crippen LogP contribution in [0.25, 0.3) is 0 Å². The lowest BCUT2D eigenvalue weighted by Crippen LogP contribution is -2.38. The van der Waals surface area contributed by atoms with Crippen LogP contribution in [0.4, 0.5) is 0 Å². The summed E-state index contributed by atoms with van der Waals surface area (Å²) < 4.78 is 16.2. The van der Waals surface area contributed by atoms with Gasteiger partial charge in [0, 0.05) is 33.4 Å². The molecular weight excluding hydrogens is 330 g/mol. The van der Waals surface area contributed by atoms with Crippen LogP contribution in [0.3, 0.4) is 0 Å². The van der Waals surface area contributed by atoms with E-state index in [0.29, 0.717) is 0 Å². The zero-order chi connectivity index (χ0) is 18.5. The Kier molecular flexibility index (Phi) is 9.90. The summed E-state index contributed by atoms with van der Waals surface area (Å²) in [5.41, 5.74) is 1.35. The highest BCUT2D eigenvalue weighted by Gasteiger charge is 2.15. The predicted molar refractivity (Wildman–Crippen MR) is 105 cm³/mol. The van der Waals surface area contributed by atoms with Gasteiger partial charge in [-0.3, -0.25) is 4.99 Å². The lowest BCUT2D eigenvalue weighted by molar-refractivity contribution is 0.0420. The van der Waals surface area contributed by atoms with Gasteiger partial charge in [-0.15, -0.1) is 0 Å². The van der Waals surface area contributed by atoms with E-state index in [1.54, 1.807) is 14.2 Å². The fourth-order valence-electron chi connectivity index (χ4n) is 2.85. The molecule has 0 bridgehead atoms. The molecule has 0 saturated carbocycles. The first-order chi connectivity index (χ1) is 12.8. The van der Waals surface area contributed by atoms with Crippen LogP contribution in [0.2, 0.25) is 0 Å². The highest BCUT2D eigenvalue weighted by molar-refractivity contribution is 5.79. The highest BCUT2D eigenvalue weighted by Crippen LogP contribution is 2.13. The molecule has 6 nitrogen and oxygen atoms in total. The van der Waals surface area contributed by atoms with E-state index >= 15 is 0 Å². The molecule has 1 atom stereocenters. The third-order valence-electron chi connectivity index (χ3n) is 4.42. The Balaban J connectivity index is 1.47. The number of ether oxygens (including phenoxy) is 3. The summed E-state index contributed by atoms with van der Waals surface area (Å²) in [5.74, 6) is 1.77. The molecule has 1 saturated heterocycles. The Bertz CT molecular complexity index is 514. The Morgan fingerprint density at radius 2 is 1.92 bits per heavy atom. The number of aryl methyl sites for hydroxylation is 1. The molecule has 2 rings (SSSR count). The van der Waals surface area contributed by atoms with Crippen LogP contribution in [0.5, 0.6) is 5.75 Å². The maximum atomic E-state index is 5.75. The fraction of sp³-hybridized carbons (Fsp3) is 0.650. The van der Waals surface area contributed by atoms with E-state index in [1.165, 1.54) is 5.56 Å². The number of benzene rings is 1. The number of methoxy groups -OCH3 is 1. The Labute approximate surface area is 157 Å². The number of rotatable bonds is 11. The van der Waals surface area contributed by atoms with Crippen molar-refractivity contribution in [3.05, 3.63) is 29.8 Å². The zero-order valence-corrected chi connectivity index (χ0v) is 16.1. The molecule has 1 aromatic rings. The van der Waals surface area contributed by atoms with Crippen LogP contribution in [-0.2, 0) is 15.9 Å². The average molecular weight is 364 g/mol. The van der Waals surface area contributed by atoms with Crippen molar-refractivity contribution in [2.75, 3.05) is 47.1 Å². The molecule has 1 aliphatic rings. The van der Waals surface area contributed by atoms with E-state index < -0.39 is 0 Å². The fourth-order valence-corrected chi connectivity index (χ4v) is 2.85. The molecule has 1 aromatic carbocycles. The highest BCUT2D eigenvalue weighted by atomic mass is 16.5. The first-order valence-corrected chi connectivity index (χ1v) is 9.58. The number of aliphatic imine (C=N–C) groups is 1. The summed E-state index contributed by atoms with van der Waals surface area (Å²) in [6, 6.07) is 8.30. The van der Waals surface area contributed by atoms with Gasteiger partial charge in [0.05, 0.1) is 19.8 Å². The van der Waals surface area contributed by atoms with E-state index in [0.717, 1.165) is 76.7 Å². The van der Waals surface area contributed by atoms with Gasteiger partial charge < -0.3 is 24.8 Å². The van der Waals surface area contributed by atoms with Crippen LogP contribution in [0.1, 0.15) is 31.2 Å². The number of unbranched alkanes of at least 4 members (excludes halogenated alkanes) is 1. The molecule has 26 heavy (non-hydrogen) atoms. The first kappa shape index (κ1) is 20.5. The minimum Gasteiger partial charge on any atom is -0.497 e. The largest absolute Gasteiger partial charge is 0.497 e. The summed E-state index contributed by atoms with van der Waals surface area (Å²) in [7, 11) is 3.50. The van der Waals surface area contributed by atoms with Crippen molar-refractivity contribution in [2.45, 2.75) is 38.2 Å². The van der Waals surface area contributed by atoms with Gasteiger partial charge in [0.1, 0.15) is 5.75 Å². The van der Waals surface area contributed by atoms with Gasteiger partial charge in [-0.2, -0.15) is 0 Å². The molecular formula is C20H33N3O3. The summed E-state index contributed by atoms with van der Waals surface area (Å²) in [6.07, 6.45) is 5.62. The molecule has 1 unspecified atom stereocenters. The summed E-state index contributed by atoms with van der Waals surface area (Å²) in [5, 5.41) is 6.69. The SMILES string of the molecule is CN=C(NCCCCc1ccc(OC)cc1)NCCCOC1CCOC1. The number of nitrogens with one attached hydrogen (secondary N) is 2. The minimum atomic E-state index is 0.290. The quantitative estimate of drug-likeness (QED) is 0.359. The van der Waals surface area contributed by atoms with Crippen LogP contribution in [0, 0.1) is 0 Å². The maximum absolute atomic E-state index is 5.75. The molecule has 0 amide bonds. The monoisotopic (exact) mass is 363 g/mol. The lowest BCUT2D eigenvalue weighted by Gasteiger charge is -2.13. The molecule has 146 valence electrons. The normalized spacial score (nSPS) is 17.3. The summed E-state index contributed by atoms with van der Waals surface area (Å²) in [6.45, 7) is 4.12. The first-order valence-electron chi connectivity index (χ1n) is 9.58. The van der Waals surface area contributed by atoms with Gasteiger partial charge in [-0.05, 0) is 49.8 Å². The molecule has 0 aliphatic carbocycles. The van der Waals surface area contributed by atoms with E-state index in [9.17, 15) is 0 Å². The predicted octanol–water partition coefficient (Wildman–Crippen LogP) is 2.38. The molecule has 6 heteroatoms. The van der Waals surface area contributed by atoms with E-state index in [-0.39, 0.29) is 6.10 Å². The lowest BCUT2D eigenvalue weighted by atomic mass is 10.1. The van der Waals surface area contributed by atoms with Crippen LogP contribution in [-0.4, -0.2) is 59.1 Å².